The maximum atomic E-state index is 5.94. The van der Waals surface area contributed by atoms with Gasteiger partial charge >= 0.3 is 0 Å². The number of benzene rings is 2. The molecular formula is C16H16O3. The Bertz CT molecular complexity index is 592. The zero-order valence-corrected chi connectivity index (χ0v) is 11.1. The molecule has 1 heterocycles. The molecule has 2 aromatic rings. The number of methoxy groups -OCH3 is 1. The van der Waals surface area contributed by atoms with E-state index in [0.29, 0.717) is 6.61 Å². The molecule has 0 N–H and O–H groups in total. The van der Waals surface area contributed by atoms with Crippen LogP contribution in [-0.2, 0) is 0 Å². The molecule has 1 unspecified atom stereocenters. The Hall–Kier alpha value is -2.16. The molecule has 0 amide bonds. The van der Waals surface area contributed by atoms with Gasteiger partial charge in [-0.25, -0.2) is 0 Å². The smallest absolute Gasteiger partial charge is 0.169 e. The average Bonchev–Trinajstić information content (AvgIpc) is 2.46. The summed E-state index contributed by atoms with van der Waals surface area (Å²) in [5.74, 6) is 2.42. The Labute approximate surface area is 112 Å². The van der Waals surface area contributed by atoms with Crippen molar-refractivity contribution in [2.45, 2.75) is 13.0 Å². The van der Waals surface area contributed by atoms with Crippen LogP contribution in [0.4, 0.5) is 0 Å². The third-order valence-corrected chi connectivity index (χ3v) is 3.17. The molecule has 0 radical (unpaired) electrons. The Kier molecular flexibility index (Phi) is 3.03. The van der Waals surface area contributed by atoms with E-state index in [1.54, 1.807) is 7.11 Å². The molecule has 3 rings (SSSR count). The highest BCUT2D eigenvalue weighted by molar-refractivity contribution is 5.78. The maximum Gasteiger partial charge on any atom is 0.169 e. The van der Waals surface area contributed by atoms with Gasteiger partial charge in [-0.3, -0.25) is 0 Å². The minimum absolute atomic E-state index is 0.0587. The van der Waals surface area contributed by atoms with Crippen LogP contribution in [0.5, 0.6) is 17.2 Å². The van der Waals surface area contributed by atoms with Crippen molar-refractivity contribution in [3.8, 4) is 28.4 Å². The third-order valence-electron chi connectivity index (χ3n) is 3.17. The van der Waals surface area contributed by atoms with E-state index in [4.69, 9.17) is 14.2 Å². The highest BCUT2D eigenvalue weighted by Crippen LogP contribution is 2.43. The first kappa shape index (κ1) is 11.9. The van der Waals surface area contributed by atoms with Crippen molar-refractivity contribution >= 4 is 0 Å². The zero-order valence-electron chi connectivity index (χ0n) is 11.1. The lowest BCUT2D eigenvalue weighted by Gasteiger charge is -2.26. The normalized spacial score (nSPS) is 17.1. The molecule has 0 aliphatic carbocycles. The summed E-state index contributed by atoms with van der Waals surface area (Å²) in [7, 11) is 1.67. The Morgan fingerprint density at radius 3 is 2.68 bits per heavy atom. The van der Waals surface area contributed by atoms with Crippen molar-refractivity contribution in [3.63, 3.8) is 0 Å². The molecule has 3 heteroatoms. The Morgan fingerprint density at radius 2 is 1.84 bits per heavy atom. The molecule has 1 aliphatic rings. The minimum atomic E-state index is 0.0587. The van der Waals surface area contributed by atoms with E-state index in [-0.39, 0.29) is 6.10 Å². The van der Waals surface area contributed by atoms with Crippen molar-refractivity contribution in [1.29, 1.82) is 0 Å². The van der Waals surface area contributed by atoms with Gasteiger partial charge in [0, 0.05) is 11.1 Å². The van der Waals surface area contributed by atoms with Crippen LogP contribution in [0.3, 0.4) is 0 Å². The van der Waals surface area contributed by atoms with Crippen molar-refractivity contribution < 1.29 is 14.2 Å². The van der Waals surface area contributed by atoms with Crippen molar-refractivity contribution in [1.82, 2.24) is 0 Å². The monoisotopic (exact) mass is 256 g/mol. The lowest BCUT2D eigenvalue weighted by Crippen LogP contribution is -2.26. The number of ether oxygens (including phenoxy) is 3. The highest BCUT2D eigenvalue weighted by Gasteiger charge is 2.22. The van der Waals surface area contributed by atoms with Crippen LogP contribution < -0.4 is 14.2 Å². The van der Waals surface area contributed by atoms with E-state index in [1.807, 2.05) is 49.4 Å². The van der Waals surface area contributed by atoms with Crippen LogP contribution in [-0.4, -0.2) is 19.8 Å². The topological polar surface area (TPSA) is 27.7 Å². The van der Waals surface area contributed by atoms with E-state index in [9.17, 15) is 0 Å². The molecule has 2 aromatic carbocycles. The van der Waals surface area contributed by atoms with E-state index < -0.39 is 0 Å². The van der Waals surface area contributed by atoms with Gasteiger partial charge in [-0.05, 0) is 19.1 Å². The number of fused-ring (bicyclic) bond motifs is 1. The first-order valence-electron chi connectivity index (χ1n) is 6.35. The molecule has 1 atom stereocenters. The van der Waals surface area contributed by atoms with Gasteiger partial charge in [-0.15, -0.1) is 0 Å². The molecule has 98 valence electrons. The standard InChI is InChI=1S/C16H16O3/c1-11-10-18-15-9-5-7-13(16(15)19-11)12-6-3-4-8-14(12)17-2/h3-9,11H,10H2,1-2H3. The number of hydrogen-bond acceptors (Lipinski definition) is 3. The molecule has 19 heavy (non-hydrogen) atoms. The summed E-state index contributed by atoms with van der Waals surface area (Å²) in [5.41, 5.74) is 2.01. The van der Waals surface area contributed by atoms with Crippen LogP contribution in [0, 0.1) is 0 Å². The lowest BCUT2D eigenvalue weighted by molar-refractivity contribution is 0.105. The third kappa shape index (κ3) is 2.12. The average molecular weight is 256 g/mol. The summed E-state index contributed by atoms with van der Waals surface area (Å²) < 4.78 is 17.1. The van der Waals surface area contributed by atoms with Crippen molar-refractivity contribution in [3.05, 3.63) is 42.5 Å². The highest BCUT2D eigenvalue weighted by atomic mass is 16.6. The van der Waals surface area contributed by atoms with Gasteiger partial charge in [0.05, 0.1) is 7.11 Å². The first-order valence-corrected chi connectivity index (χ1v) is 6.35. The first-order chi connectivity index (χ1) is 9.29. The number of para-hydroxylation sites is 2. The van der Waals surface area contributed by atoms with Crippen LogP contribution in [0.25, 0.3) is 11.1 Å². The van der Waals surface area contributed by atoms with Crippen LogP contribution in [0.2, 0.25) is 0 Å². The van der Waals surface area contributed by atoms with Gasteiger partial charge in [0.1, 0.15) is 18.5 Å². The van der Waals surface area contributed by atoms with E-state index >= 15 is 0 Å². The second kappa shape index (κ2) is 4.84. The summed E-state index contributed by atoms with van der Waals surface area (Å²) in [4.78, 5) is 0. The fourth-order valence-electron chi connectivity index (χ4n) is 2.27. The number of hydrogen-bond donors (Lipinski definition) is 0. The van der Waals surface area contributed by atoms with Crippen LogP contribution >= 0.6 is 0 Å². The minimum Gasteiger partial charge on any atom is -0.496 e. The molecule has 1 aliphatic heterocycles. The SMILES string of the molecule is COc1ccccc1-c1cccc2c1OC(C)CO2. The van der Waals surface area contributed by atoms with E-state index in [0.717, 1.165) is 28.4 Å². The lowest BCUT2D eigenvalue weighted by atomic mass is 10.0. The predicted octanol–water partition coefficient (Wildman–Crippen LogP) is 3.52. The van der Waals surface area contributed by atoms with Crippen LogP contribution in [0.1, 0.15) is 6.92 Å². The molecule has 0 aromatic heterocycles. The Balaban J connectivity index is 2.15. The molecule has 0 saturated carbocycles. The molecular weight excluding hydrogens is 240 g/mol. The molecule has 0 fully saturated rings. The van der Waals surface area contributed by atoms with Gasteiger partial charge in [0.15, 0.2) is 11.5 Å². The van der Waals surface area contributed by atoms with Gasteiger partial charge in [-0.2, -0.15) is 0 Å². The summed E-state index contributed by atoms with van der Waals surface area (Å²) in [5, 5.41) is 0. The fourth-order valence-corrected chi connectivity index (χ4v) is 2.27. The van der Waals surface area contributed by atoms with Gasteiger partial charge in [-0.1, -0.05) is 30.3 Å². The molecule has 0 bridgehead atoms. The largest absolute Gasteiger partial charge is 0.496 e. The second-order valence-corrected chi connectivity index (χ2v) is 4.57. The quantitative estimate of drug-likeness (QED) is 0.822. The molecule has 3 nitrogen and oxygen atoms in total. The zero-order chi connectivity index (χ0) is 13.2. The molecule has 0 spiro atoms. The number of rotatable bonds is 2. The van der Waals surface area contributed by atoms with Crippen molar-refractivity contribution in [2.24, 2.45) is 0 Å². The molecule has 0 saturated heterocycles. The summed E-state index contributed by atoms with van der Waals surface area (Å²) >= 11 is 0. The van der Waals surface area contributed by atoms with Crippen LogP contribution in [0.15, 0.2) is 42.5 Å². The summed E-state index contributed by atoms with van der Waals surface area (Å²) in [6, 6.07) is 13.8. The van der Waals surface area contributed by atoms with E-state index in [1.165, 1.54) is 0 Å². The van der Waals surface area contributed by atoms with Gasteiger partial charge in [0.2, 0.25) is 0 Å². The summed E-state index contributed by atoms with van der Waals surface area (Å²) in [6.07, 6.45) is 0.0587. The van der Waals surface area contributed by atoms with Crippen molar-refractivity contribution in [2.75, 3.05) is 13.7 Å². The van der Waals surface area contributed by atoms with E-state index in [2.05, 4.69) is 0 Å². The van der Waals surface area contributed by atoms with Gasteiger partial charge in [0.25, 0.3) is 0 Å². The van der Waals surface area contributed by atoms with Gasteiger partial charge < -0.3 is 14.2 Å². The Morgan fingerprint density at radius 1 is 1.05 bits per heavy atom. The fraction of sp³-hybridized carbons (Fsp3) is 0.250. The second-order valence-electron chi connectivity index (χ2n) is 4.57. The maximum absolute atomic E-state index is 5.94. The predicted molar refractivity (Wildman–Crippen MR) is 74.0 cm³/mol. The summed E-state index contributed by atoms with van der Waals surface area (Å²) in [6.45, 7) is 2.59.